The fourth-order valence-electron chi connectivity index (χ4n) is 3.88. The lowest BCUT2D eigenvalue weighted by molar-refractivity contribution is 0.0993. The van der Waals surface area contributed by atoms with Gasteiger partial charge in [0.1, 0.15) is 17.3 Å². The van der Waals surface area contributed by atoms with Crippen LogP contribution in [-0.4, -0.2) is 31.0 Å². The Morgan fingerprint density at radius 3 is 2.59 bits per heavy atom. The van der Waals surface area contributed by atoms with Crippen molar-refractivity contribution in [3.05, 3.63) is 71.2 Å². The van der Waals surface area contributed by atoms with E-state index >= 15 is 0 Å². The molecule has 0 saturated heterocycles. The molecule has 4 rings (SSSR count). The summed E-state index contributed by atoms with van der Waals surface area (Å²) in [6.07, 6.45) is 2.36. The molecule has 34 heavy (non-hydrogen) atoms. The number of methoxy groups -OCH3 is 2. The number of aryl methyl sites for hydroxylation is 1. The van der Waals surface area contributed by atoms with Gasteiger partial charge in [-0.05, 0) is 56.2 Å². The maximum Gasteiger partial charge on any atom is 0.291 e. The Balaban J connectivity index is 1.52. The molecule has 0 unspecified atom stereocenters. The number of anilines is 2. The summed E-state index contributed by atoms with van der Waals surface area (Å²) >= 11 is 5.36. The van der Waals surface area contributed by atoms with Gasteiger partial charge >= 0.3 is 0 Å². The largest absolute Gasteiger partial charge is 0.497 e. The van der Waals surface area contributed by atoms with E-state index in [2.05, 4.69) is 21.2 Å². The number of hydrazone groups is 1. The van der Waals surface area contributed by atoms with Crippen LogP contribution in [0.2, 0.25) is 0 Å². The van der Waals surface area contributed by atoms with Gasteiger partial charge in [0, 0.05) is 29.3 Å². The predicted octanol–water partition coefficient (Wildman–Crippen LogP) is 4.88. The van der Waals surface area contributed by atoms with E-state index in [1.807, 2.05) is 37.3 Å². The van der Waals surface area contributed by atoms with Crippen LogP contribution in [0.4, 0.5) is 11.4 Å². The summed E-state index contributed by atoms with van der Waals surface area (Å²) in [5.41, 5.74) is 6.71. The molecule has 0 atom stereocenters. The Hall–Kier alpha value is -3.85. The zero-order valence-electron chi connectivity index (χ0n) is 19.2. The standard InChI is InChI=1S/C25H26N4O4S/c1-15-22-19(28-29-25(34)26-16-8-5-4-6-9-16)10-7-11-20(22)33-23(15)24(30)27-18-13-12-17(31-2)14-21(18)32-3/h4-6,8-9,12-14H,7,10-11H2,1-3H3,(H,27,30)(H2,26,29,34)/b28-19+. The summed E-state index contributed by atoms with van der Waals surface area (Å²) in [4.78, 5) is 13.1. The third kappa shape index (κ3) is 5.04. The molecule has 0 bridgehead atoms. The van der Waals surface area contributed by atoms with Gasteiger partial charge in [-0.3, -0.25) is 10.2 Å². The summed E-state index contributed by atoms with van der Waals surface area (Å²) in [5.74, 6) is 1.77. The van der Waals surface area contributed by atoms with E-state index in [0.717, 1.165) is 47.5 Å². The van der Waals surface area contributed by atoms with E-state index in [1.54, 1.807) is 25.3 Å². The van der Waals surface area contributed by atoms with Gasteiger partial charge in [0.05, 0.1) is 25.6 Å². The predicted molar refractivity (Wildman–Crippen MR) is 136 cm³/mol. The average Bonchev–Trinajstić information content (AvgIpc) is 3.20. The highest BCUT2D eigenvalue weighted by Gasteiger charge is 2.28. The number of nitrogens with one attached hydrogen (secondary N) is 3. The molecule has 1 heterocycles. The van der Waals surface area contributed by atoms with Crippen molar-refractivity contribution < 1.29 is 18.7 Å². The first kappa shape index (κ1) is 23.3. The number of rotatable bonds is 6. The fourth-order valence-corrected chi connectivity index (χ4v) is 4.04. The number of carbonyl (C=O) groups excluding carboxylic acids is 1. The fraction of sp³-hybridized carbons (Fsp3) is 0.240. The molecule has 2 aromatic carbocycles. The molecule has 8 nitrogen and oxygen atoms in total. The maximum absolute atomic E-state index is 13.1. The molecule has 0 saturated carbocycles. The van der Waals surface area contributed by atoms with Crippen LogP contribution < -0.4 is 25.5 Å². The van der Waals surface area contributed by atoms with Crippen molar-refractivity contribution in [2.75, 3.05) is 24.9 Å². The van der Waals surface area contributed by atoms with Crippen molar-refractivity contribution in [1.29, 1.82) is 0 Å². The van der Waals surface area contributed by atoms with E-state index in [4.69, 9.17) is 26.1 Å². The number of hydrogen-bond acceptors (Lipinski definition) is 6. The number of ether oxygens (including phenoxy) is 2. The van der Waals surface area contributed by atoms with Crippen LogP contribution in [0.5, 0.6) is 11.5 Å². The maximum atomic E-state index is 13.1. The Morgan fingerprint density at radius 1 is 1.06 bits per heavy atom. The Kier molecular flexibility index (Phi) is 7.12. The number of furan rings is 1. The molecule has 1 aliphatic carbocycles. The highest BCUT2D eigenvalue weighted by Crippen LogP contribution is 2.32. The molecular weight excluding hydrogens is 452 g/mol. The van der Waals surface area contributed by atoms with Gasteiger partial charge in [0.2, 0.25) is 0 Å². The zero-order chi connectivity index (χ0) is 24.1. The molecular formula is C25H26N4O4S. The van der Waals surface area contributed by atoms with E-state index in [-0.39, 0.29) is 11.7 Å². The first-order chi connectivity index (χ1) is 16.5. The first-order valence-corrected chi connectivity index (χ1v) is 11.3. The number of fused-ring (bicyclic) bond motifs is 1. The topological polar surface area (TPSA) is 97.1 Å². The third-order valence-corrected chi connectivity index (χ3v) is 5.71. The minimum absolute atomic E-state index is 0.252. The van der Waals surface area contributed by atoms with Gasteiger partial charge in [0.15, 0.2) is 10.9 Å². The number of amides is 1. The van der Waals surface area contributed by atoms with Crippen molar-refractivity contribution >= 4 is 40.3 Å². The minimum Gasteiger partial charge on any atom is -0.497 e. The zero-order valence-corrected chi connectivity index (χ0v) is 20.0. The van der Waals surface area contributed by atoms with E-state index in [1.165, 1.54) is 7.11 Å². The molecule has 1 aromatic heterocycles. The monoisotopic (exact) mass is 478 g/mol. The number of thiocarbonyl (C=S) groups is 1. The highest BCUT2D eigenvalue weighted by atomic mass is 32.1. The molecule has 9 heteroatoms. The van der Waals surface area contributed by atoms with E-state index in [0.29, 0.717) is 22.3 Å². The SMILES string of the molecule is COc1ccc(NC(=O)c2oc3c(c2C)/C(=N/NC(=S)Nc2ccccc2)CCC3)c(OC)c1. The molecule has 176 valence electrons. The van der Waals surface area contributed by atoms with Crippen LogP contribution in [0.1, 0.15) is 40.3 Å². The molecule has 1 amide bonds. The lowest BCUT2D eigenvalue weighted by atomic mass is 9.93. The van der Waals surface area contributed by atoms with Gasteiger partial charge in [-0.2, -0.15) is 5.10 Å². The number of para-hydroxylation sites is 1. The normalized spacial score (nSPS) is 13.7. The second-order valence-electron chi connectivity index (χ2n) is 7.72. The van der Waals surface area contributed by atoms with Crippen LogP contribution in [0.15, 0.2) is 58.0 Å². The molecule has 0 spiro atoms. The van der Waals surface area contributed by atoms with Crippen LogP contribution in [0.3, 0.4) is 0 Å². The van der Waals surface area contributed by atoms with Crippen LogP contribution in [0.25, 0.3) is 0 Å². The van der Waals surface area contributed by atoms with Gasteiger partial charge in [0.25, 0.3) is 5.91 Å². The number of carbonyl (C=O) groups is 1. The van der Waals surface area contributed by atoms with Crippen molar-refractivity contribution in [3.63, 3.8) is 0 Å². The highest BCUT2D eigenvalue weighted by molar-refractivity contribution is 7.80. The molecule has 0 aliphatic heterocycles. The van der Waals surface area contributed by atoms with Crippen molar-refractivity contribution in [1.82, 2.24) is 5.43 Å². The van der Waals surface area contributed by atoms with Crippen LogP contribution in [-0.2, 0) is 6.42 Å². The summed E-state index contributed by atoms with van der Waals surface area (Å²) in [5, 5.41) is 10.9. The Bertz CT molecular complexity index is 1240. The van der Waals surface area contributed by atoms with Gasteiger partial charge in [-0.25, -0.2) is 0 Å². The minimum atomic E-state index is -0.357. The average molecular weight is 479 g/mol. The first-order valence-electron chi connectivity index (χ1n) is 10.8. The Labute approximate surface area is 203 Å². The van der Waals surface area contributed by atoms with Gasteiger partial charge in [-0.1, -0.05) is 18.2 Å². The van der Waals surface area contributed by atoms with Crippen molar-refractivity contribution in [2.24, 2.45) is 5.10 Å². The van der Waals surface area contributed by atoms with Crippen LogP contribution in [0, 0.1) is 6.92 Å². The van der Waals surface area contributed by atoms with Crippen molar-refractivity contribution in [2.45, 2.75) is 26.2 Å². The lowest BCUT2D eigenvalue weighted by Crippen LogP contribution is -2.26. The third-order valence-electron chi connectivity index (χ3n) is 5.51. The number of benzene rings is 2. The quantitative estimate of drug-likeness (QED) is 0.343. The summed E-state index contributed by atoms with van der Waals surface area (Å²) in [6.45, 7) is 1.86. The number of nitrogens with zero attached hydrogens (tertiary/aromatic N) is 1. The molecule has 0 fully saturated rings. The van der Waals surface area contributed by atoms with Crippen molar-refractivity contribution in [3.8, 4) is 11.5 Å². The molecule has 3 N–H and O–H groups in total. The summed E-state index contributed by atoms with van der Waals surface area (Å²) in [6, 6.07) is 14.8. The van der Waals surface area contributed by atoms with E-state index < -0.39 is 0 Å². The number of hydrogen-bond donors (Lipinski definition) is 3. The second kappa shape index (κ2) is 10.4. The molecule has 3 aromatic rings. The smallest absolute Gasteiger partial charge is 0.291 e. The molecule has 0 radical (unpaired) electrons. The lowest BCUT2D eigenvalue weighted by Gasteiger charge is -2.14. The van der Waals surface area contributed by atoms with Crippen LogP contribution >= 0.6 is 12.2 Å². The Morgan fingerprint density at radius 2 is 1.85 bits per heavy atom. The second-order valence-corrected chi connectivity index (χ2v) is 8.13. The summed E-state index contributed by atoms with van der Waals surface area (Å²) < 4.78 is 16.6. The van der Waals surface area contributed by atoms with Gasteiger partial charge < -0.3 is 24.5 Å². The molecule has 1 aliphatic rings. The van der Waals surface area contributed by atoms with Gasteiger partial charge in [-0.15, -0.1) is 0 Å². The van der Waals surface area contributed by atoms with E-state index in [9.17, 15) is 4.79 Å². The summed E-state index contributed by atoms with van der Waals surface area (Å²) in [7, 11) is 3.11.